The van der Waals surface area contributed by atoms with E-state index in [-0.39, 0.29) is 4.90 Å². The Morgan fingerprint density at radius 1 is 1.10 bits per heavy atom. The molecule has 1 N–H and O–H groups in total. The average Bonchev–Trinajstić information content (AvgIpc) is 3.50. The Bertz CT molecular complexity index is 1440. The molecule has 0 unspecified atom stereocenters. The Balaban J connectivity index is 1.52. The molecule has 0 atom stereocenters. The average molecular weight is 430 g/mol. The zero-order valence-electron chi connectivity index (χ0n) is 16.8. The van der Waals surface area contributed by atoms with Gasteiger partial charge in [0.15, 0.2) is 0 Å². The first kappa shape index (κ1) is 19.3. The van der Waals surface area contributed by atoms with Gasteiger partial charge in [0, 0.05) is 17.6 Å². The van der Waals surface area contributed by atoms with E-state index in [4.69, 9.17) is 0 Å². The molecule has 1 saturated carbocycles. The zero-order valence-corrected chi connectivity index (χ0v) is 17.6. The largest absolute Gasteiger partial charge is 0.263 e. The van der Waals surface area contributed by atoms with Crippen LogP contribution in [0.2, 0.25) is 0 Å². The number of aryl methyl sites for hydroxylation is 1. The molecule has 0 spiro atoms. The minimum absolute atomic E-state index is 0.134. The topological polar surface area (TPSA) is 101 Å². The molecule has 0 aliphatic heterocycles. The number of fused-ring (bicyclic) bond motifs is 1. The van der Waals surface area contributed by atoms with E-state index in [0.29, 0.717) is 11.5 Å². The summed E-state index contributed by atoms with van der Waals surface area (Å²) >= 11 is 0. The molecule has 31 heavy (non-hydrogen) atoms. The molecule has 2 aromatic carbocycles. The highest BCUT2D eigenvalue weighted by atomic mass is 32.2. The van der Waals surface area contributed by atoms with Gasteiger partial charge in [-0.3, -0.25) is 9.71 Å². The molecule has 1 fully saturated rings. The minimum atomic E-state index is -3.84. The van der Waals surface area contributed by atoms with Gasteiger partial charge in [-0.1, -0.05) is 18.2 Å². The van der Waals surface area contributed by atoms with Crippen LogP contribution in [0, 0.1) is 18.3 Å². The van der Waals surface area contributed by atoms with Gasteiger partial charge in [-0.2, -0.15) is 10.4 Å². The fraction of sp³-hybridized carbons (Fsp3) is 0.174. The predicted octanol–water partition coefficient (Wildman–Crippen LogP) is 4.08. The van der Waals surface area contributed by atoms with Crippen LogP contribution in [0.4, 0.5) is 5.82 Å². The van der Waals surface area contributed by atoms with Crippen molar-refractivity contribution in [3.8, 4) is 11.8 Å². The smallest absolute Gasteiger partial charge is 0.263 e. The van der Waals surface area contributed by atoms with E-state index < -0.39 is 15.4 Å². The van der Waals surface area contributed by atoms with Gasteiger partial charge in [0.2, 0.25) is 0 Å². The van der Waals surface area contributed by atoms with Crippen LogP contribution < -0.4 is 4.72 Å². The van der Waals surface area contributed by atoms with Gasteiger partial charge in [0.25, 0.3) is 10.0 Å². The Morgan fingerprint density at radius 2 is 1.87 bits per heavy atom. The molecule has 1 aliphatic rings. The van der Waals surface area contributed by atoms with Gasteiger partial charge in [0.1, 0.15) is 5.82 Å². The molecule has 2 heterocycles. The van der Waals surface area contributed by atoms with Crippen molar-refractivity contribution in [2.75, 3.05) is 4.72 Å². The van der Waals surface area contributed by atoms with Gasteiger partial charge in [0.05, 0.1) is 33.3 Å². The van der Waals surface area contributed by atoms with Crippen LogP contribution in [0.25, 0.3) is 16.6 Å². The van der Waals surface area contributed by atoms with Crippen LogP contribution in [0.1, 0.15) is 24.1 Å². The van der Waals surface area contributed by atoms with E-state index in [9.17, 15) is 13.7 Å². The Morgan fingerprint density at radius 3 is 2.58 bits per heavy atom. The highest BCUT2D eigenvalue weighted by molar-refractivity contribution is 7.92. The molecule has 0 radical (unpaired) electrons. The van der Waals surface area contributed by atoms with E-state index in [1.54, 1.807) is 41.2 Å². The van der Waals surface area contributed by atoms with E-state index >= 15 is 0 Å². The zero-order chi connectivity index (χ0) is 21.6. The van der Waals surface area contributed by atoms with Gasteiger partial charge in [-0.05, 0) is 61.7 Å². The van der Waals surface area contributed by atoms with Crippen LogP contribution in [0.3, 0.4) is 0 Å². The second-order valence-corrected chi connectivity index (χ2v) is 9.44. The van der Waals surface area contributed by atoms with E-state index in [0.717, 1.165) is 35.0 Å². The molecular formula is C23H19N5O2S. The number of benzene rings is 2. The summed E-state index contributed by atoms with van der Waals surface area (Å²) in [7, 11) is -3.84. The molecule has 1 aliphatic carbocycles. The number of hydrogen-bond acceptors (Lipinski definition) is 5. The lowest BCUT2D eigenvalue weighted by molar-refractivity contribution is 0.600. The van der Waals surface area contributed by atoms with Crippen molar-refractivity contribution in [2.24, 2.45) is 0 Å². The van der Waals surface area contributed by atoms with Crippen LogP contribution >= 0.6 is 0 Å². The van der Waals surface area contributed by atoms with Crippen LogP contribution in [-0.2, 0) is 15.4 Å². The summed E-state index contributed by atoms with van der Waals surface area (Å²) in [6.07, 6.45) is 3.34. The molecular weight excluding hydrogens is 410 g/mol. The summed E-state index contributed by atoms with van der Waals surface area (Å²) in [5.41, 5.74) is 2.62. The molecule has 0 saturated heterocycles. The molecule has 0 amide bonds. The molecule has 8 heteroatoms. The highest BCUT2D eigenvalue weighted by Gasteiger charge is 2.44. The molecule has 5 rings (SSSR count). The summed E-state index contributed by atoms with van der Waals surface area (Å²) in [5.74, 6) is 0.341. The number of anilines is 1. The van der Waals surface area contributed by atoms with Crippen molar-refractivity contribution in [2.45, 2.75) is 30.1 Å². The second-order valence-electron chi connectivity index (χ2n) is 7.75. The number of nitriles is 1. The molecule has 7 nitrogen and oxygen atoms in total. The van der Waals surface area contributed by atoms with Gasteiger partial charge >= 0.3 is 0 Å². The predicted molar refractivity (Wildman–Crippen MR) is 117 cm³/mol. The maximum Gasteiger partial charge on any atom is 0.263 e. The van der Waals surface area contributed by atoms with Gasteiger partial charge < -0.3 is 0 Å². The number of nitrogens with zero attached hydrogens (tertiary/aromatic N) is 4. The fourth-order valence-electron chi connectivity index (χ4n) is 3.77. The van der Waals surface area contributed by atoms with Gasteiger partial charge in [-0.25, -0.2) is 13.1 Å². The summed E-state index contributed by atoms with van der Waals surface area (Å²) < 4.78 is 30.4. The first-order valence-corrected chi connectivity index (χ1v) is 11.4. The molecule has 154 valence electrons. The lowest BCUT2D eigenvalue weighted by atomic mass is 9.98. The van der Waals surface area contributed by atoms with Crippen molar-refractivity contribution >= 4 is 26.7 Å². The number of aromatic nitrogens is 3. The second kappa shape index (κ2) is 6.93. The lowest BCUT2D eigenvalue weighted by Gasteiger charge is -2.13. The van der Waals surface area contributed by atoms with Gasteiger partial charge in [-0.15, -0.1) is 0 Å². The Hall–Kier alpha value is -3.70. The number of hydrogen-bond donors (Lipinski definition) is 1. The Labute approximate surface area is 180 Å². The maximum absolute atomic E-state index is 13.1. The Kier molecular flexibility index (Phi) is 4.31. The van der Waals surface area contributed by atoms with Crippen molar-refractivity contribution in [1.29, 1.82) is 5.26 Å². The van der Waals surface area contributed by atoms with E-state index in [1.165, 1.54) is 0 Å². The van der Waals surface area contributed by atoms with E-state index in [1.807, 2.05) is 37.3 Å². The monoisotopic (exact) mass is 429 g/mol. The number of pyridine rings is 1. The van der Waals surface area contributed by atoms with Crippen LogP contribution in [0.5, 0.6) is 0 Å². The molecule has 0 bridgehead atoms. The third-order valence-corrected chi connectivity index (χ3v) is 6.97. The number of nitrogens with one attached hydrogen (secondary N) is 1. The van der Waals surface area contributed by atoms with Crippen molar-refractivity contribution in [3.05, 3.63) is 78.1 Å². The fourth-order valence-corrected chi connectivity index (χ4v) is 4.80. The maximum atomic E-state index is 13.1. The van der Waals surface area contributed by atoms with Crippen molar-refractivity contribution in [3.63, 3.8) is 0 Å². The number of sulfonamides is 1. The highest BCUT2D eigenvalue weighted by Crippen LogP contribution is 2.47. The molecule has 4 aromatic rings. The van der Waals surface area contributed by atoms with Crippen LogP contribution in [-0.4, -0.2) is 23.2 Å². The number of rotatable bonds is 5. The normalized spacial score (nSPS) is 14.8. The van der Waals surface area contributed by atoms with Crippen LogP contribution in [0.15, 0.2) is 71.8 Å². The SMILES string of the molecule is Cc1cc(NS(=O)(=O)c2ccc(C3(C#N)CC3)cc2)n(-c2cccc3ncccc23)n1. The first-order chi connectivity index (χ1) is 14.9. The van der Waals surface area contributed by atoms with E-state index in [2.05, 4.69) is 20.9 Å². The third-order valence-electron chi connectivity index (χ3n) is 5.60. The van der Waals surface area contributed by atoms with Crippen molar-refractivity contribution in [1.82, 2.24) is 14.8 Å². The summed E-state index contributed by atoms with van der Waals surface area (Å²) in [5, 5.41) is 14.7. The first-order valence-electron chi connectivity index (χ1n) is 9.87. The summed E-state index contributed by atoms with van der Waals surface area (Å²) in [4.78, 5) is 4.50. The minimum Gasteiger partial charge on any atom is -0.263 e. The summed E-state index contributed by atoms with van der Waals surface area (Å²) in [6.45, 7) is 1.81. The molecule has 2 aromatic heterocycles. The lowest BCUT2D eigenvalue weighted by Crippen LogP contribution is -2.16. The third kappa shape index (κ3) is 3.33. The standard InChI is InChI=1S/C23H19N5O2S/c1-16-14-22(28(26-16)21-6-2-5-20-19(21)4-3-13-25-20)27-31(29,30)18-9-7-17(8-10-18)23(15-24)11-12-23/h2-10,13-14,27H,11-12H2,1H3. The summed E-state index contributed by atoms with van der Waals surface area (Å²) in [6, 6.07) is 20.0. The quantitative estimate of drug-likeness (QED) is 0.515. The van der Waals surface area contributed by atoms with Crippen molar-refractivity contribution < 1.29 is 8.42 Å².